The lowest BCUT2D eigenvalue weighted by molar-refractivity contribution is 0.131. The van der Waals surface area contributed by atoms with E-state index in [0.29, 0.717) is 5.41 Å². The molecule has 0 bridgehead atoms. The van der Waals surface area contributed by atoms with Gasteiger partial charge in [-0.15, -0.1) is 0 Å². The average molecular weight is 196 g/mol. The Bertz CT molecular complexity index is 357. The fourth-order valence-electron chi connectivity index (χ4n) is 2.03. The van der Waals surface area contributed by atoms with E-state index in [2.05, 4.69) is 29.6 Å². The van der Waals surface area contributed by atoms with Crippen molar-refractivity contribution in [3.63, 3.8) is 0 Å². The second kappa shape index (κ2) is 2.98. The Balaban J connectivity index is 2.17. The zero-order chi connectivity index (χ0) is 9.47. The van der Waals surface area contributed by atoms with Crippen LogP contribution in [0.5, 0.6) is 0 Å². The van der Waals surface area contributed by atoms with E-state index in [9.17, 15) is 0 Å². The van der Waals surface area contributed by atoms with Crippen molar-refractivity contribution in [2.24, 2.45) is 5.41 Å². The molecule has 1 heterocycles. The largest absolute Gasteiger partial charge is 0.335 e. The summed E-state index contributed by atoms with van der Waals surface area (Å²) in [6, 6.07) is 0. The van der Waals surface area contributed by atoms with Gasteiger partial charge in [-0.1, -0.05) is 13.3 Å². The van der Waals surface area contributed by atoms with Crippen LogP contribution < -0.4 is 0 Å². The predicted octanol–water partition coefficient (Wildman–Crippen LogP) is 3.04. The molecule has 0 aromatic carbocycles. The first-order chi connectivity index (χ1) is 6.09. The van der Waals surface area contributed by atoms with Gasteiger partial charge in [0.25, 0.3) is 0 Å². The second-order valence-electron chi connectivity index (χ2n) is 4.53. The van der Waals surface area contributed by atoms with Crippen molar-refractivity contribution in [2.45, 2.75) is 39.7 Å². The summed E-state index contributed by atoms with van der Waals surface area (Å²) in [5, 5.41) is 0. The Morgan fingerprint density at radius 3 is 2.69 bits per heavy atom. The van der Waals surface area contributed by atoms with Crippen LogP contribution in [0.25, 0.3) is 0 Å². The number of H-pyrrole nitrogens is 1. The standard InChI is InChI=1S/C10H16N2S/c1-8-6-12(9(13)11-8)7-10(2)4-3-5-10/h6H,3-5,7H2,1-2H3,(H,11,13). The number of aryl methyl sites for hydroxylation is 1. The van der Waals surface area contributed by atoms with Gasteiger partial charge in [0.05, 0.1) is 0 Å². The summed E-state index contributed by atoms with van der Waals surface area (Å²) in [6.07, 6.45) is 6.19. The predicted molar refractivity (Wildman–Crippen MR) is 56.3 cm³/mol. The van der Waals surface area contributed by atoms with E-state index in [1.165, 1.54) is 19.3 Å². The minimum absolute atomic E-state index is 0.507. The minimum atomic E-state index is 0.507. The molecule has 0 radical (unpaired) electrons. The smallest absolute Gasteiger partial charge is 0.177 e. The van der Waals surface area contributed by atoms with Gasteiger partial charge < -0.3 is 9.55 Å². The fourth-order valence-corrected chi connectivity index (χ4v) is 2.31. The molecule has 3 heteroatoms. The normalized spacial score (nSPS) is 19.8. The van der Waals surface area contributed by atoms with Crippen molar-refractivity contribution in [1.82, 2.24) is 9.55 Å². The average Bonchev–Trinajstić information content (AvgIpc) is 2.27. The highest BCUT2D eigenvalue weighted by molar-refractivity contribution is 7.71. The van der Waals surface area contributed by atoms with Crippen LogP contribution in [0.2, 0.25) is 0 Å². The van der Waals surface area contributed by atoms with Crippen molar-refractivity contribution in [3.05, 3.63) is 16.7 Å². The lowest BCUT2D eigenvalue weighted by Crippen LogP contribution is -2.30. The molecule has 72 valence electrons. The quantitative estimate of drug-likeness (QED) is 0.721. The summed E-state index contributed by atoms with van der Waals surface area (Å²) in [5.41, 5.74) is 1.67. The molecule has 1 aromatic heterocycles. The summed E-state index contributed by atoms with van der Waals surface area (Å²) in [4.78, 5) is 3.16. The molecule has 1 saturated carbocycles. The van der Waals surface area contributed by atoms with E-state index in [0.717, 1.165) is 17.0 Å². The zero-order valence-corrected chi connectivity index (χ0v) is 9.08. The summed E-state index contributed by atoms with van der Waals surface area (Å²) >= 11 is 5.22. The second-order valence-corrected chi connectivity index (χ2v) is 4.92. The van der Waals surface area contributed by atoms with Crippen molar-refractivity contribution in [1.29, 1.82) is 0 Å². The van der Waals surface area contributed by atoms with Gasteiger partial charge in [-0.25, -0.2) is 0 Å². The van der Waals surface area contributed by atoms with Crippen molar-refractivity contribution in [3.8, 4) is 0 Å². The number of hydrogen-bond donors (Lipinski definition) is 1. The van der Waals surface area contributed by atoms with Crippen LogP contribution in [0.3, 0.4) is 0 Å². The van der Waals surface area contributed by atoms with E-state index in [1.54, 1.807) is 0 Å². The van der Waals surface area contributed by atoms with Gasteiger partial charge in [-0.2, -0.15) is 0 Å². The Morgan fingerprint density at radius 2 is 2.31 bits per heavy atom. The first kappa shape index (κ1) is 9.00. The van der Waals surface area contributed by atoms with E-state index in [4.69, 9.17) is 12.2 Å². The summed E-state index contributed by atoms with van der Waals surface area (Å²) in [7, 11) is 0. The molecule has 2 nitrogen and oxygen atoms in total. The van der Waals surface area contributed by atoms with Crippen LogP contribution in [0.1, 0.15) is 31.9 Å². The van der Waals surface area contributed by atoms with Gasteiger partial charge in [0.1, 0.15) is 0 Å². The van der Waals surface area contributed by atoms with Gasteiger partial charge in [-0.3, -0.25) is 0 Å². The first-order valence-corrected chi connectivity index (χ1v) is 5.26. The van der Waals surface area contributed by atoms with E-state index in [-0.39, 0.29) is 0 Å². The number of aromatic amines is 1. The molecule has 0 aliphatic heterocycles. The summed E-state index contributed by atoms with van der Waals surface area (Å²) in [5.74, 6) is 0. The molecule has 0 unspecified atom stereocenters. The van der Waals surface area contributed by atoms with Crippen LogP contribution in [0.15, 0.2) is 6.20 Å². The number of imidazole rings is 1. The maximum absolute atomic E-state index is 5.22. The molecule has 1 N–H and O–H groups in total. The minimum Gasteiger partial charge on any atom is -0.335 e. The summed E-state index contributed by atoms with van der Waals surface area (Å²) in [6.45, 7) is 5.48. The summed E-state index contributed by atoms with van der Waals surface area (Å²) < 4.78 is 3.04. The molecule has 0 amide bonds. The molecule has 0 saturated heterocycles. The Morgan fingerprint density at radius 1 is 1.62 bits per heavy atom. The third-order valence-corrected chi connectivity index (χ3v) is 3.36. The molecule has 1 aliphatic carbocycles. The molecule has 1 fully saturated rings. The molecular formula is C10H16N2S. The molecule has 0 atom stereocenters. The van der Waals surface area contributed by atoms with Crippen molar-refractivity contribution < 1.29 is 0 Å². The lowest BCUT2D eigenvalue weighted by atomic mass is 9.70. The molecule has 1 aromatic rings. The molecule has 13 heavy (non-hydrogen) atoms. The van der Waals surface area contributed by atoms with Crippen molar-refractivity contribution >= 4 is 12.2 Å². The monoisotopic (exact) mass is 196 g/mol. The first-order valence-electron chi connectivity index (χ1n) is 4.85. The highest BCUT2D eigenvalue weighted by Crippen LogP contribution is 2.41. The third kappa shape index (κ3) is 1.70. The third-order valence-electron chi connectivity index (χ3n) is 3.03. The Labute approximate surface area is 84.0 Å². The highest BCUT2D eigenvalue weighted by atomic mass is 32.1. The Kier molecular flexibility index (Phi) is 2.06. The van der Waals surface area contributed by atoms with Gasteiger partial charge >= 0.3 is 0 Å². The van der Waals surface area contributed by atoms with Crippen LogP contribution in [0.4, 0.5) is 0 Å². The van der Waals surface area contributed by atoms with Crippen LogP contribution in [-0.2, 0) is 6.54 Å². The molecule has 1 aliphatic rings. The van der Waals surface area contributed by atoms with E-state index >= 15 is 0 Å². The lowest BCUT2D eigenvalue weighted by Gasteiger charge is -2.38. The SMILES string of the molecule is Cc1cn(CC2(C)CCC2)c(=S)[nH]1. The van der Waals surface area contributed by atoms with E-state index < -0.39 is 0 Å². The number of hydrogen-bond acceptors (Lipinski definition) is 1. The fraction of sp³-hybridized carbons (Fsp3) is 0.700. The van der Waals surface area contributed by atoms with Crippen molar-refractivity contribution in [2.75, 3.05) is 0 Å². The number of nitrogens with zero attached hydrogens (tertiary/aromatic N) is 1. The van der Waals surface area contributed by atoms with Gasteiger partial charge in [-0.05, 0) is 37.4 Å². The topological polar surface area (TPSA) is 20.7 Å². The highest BCUT2D eigenvalue weighted by Gasteiger charge is 2.32. The van der Waals surface area contributed by atoms with Gasteiger partial charge in [0.15, 0.2) is 4.77 Å². The van der Waals surface area contributed by atoms with Crippen LogP contribution >= 0.6 is 12.2 Å². The van der Waals surface area contributed by atoms with Crippen LogP contribution in [0, 0.1) is 17.1 Å². The van der Waals surface area contributed by atoms with Crippen LogP contribution in [-0.4, -0.2) is 9.55 Å². The van der Waals surface area contributed by atoms with E-state index in [1.807, 2.05) is 0 Å². The number of nitrogens with one attached hydrogen (secondary N) is 1. The molecular weight excluding hydrogens is 180 g/mol. The number of aromatic nitrogens is 2. The Hall–Kier alpha value is -0.570. The number of rotatable bonds is 2. The molecule has 0 spiro atoms. The zero-order valence-electron chi connectivity index (χ0n) is 8.26. The van der Waals surface area contributed by atoms with Gasteiger partial charge in [0, 0.05) is 18.4 Å². The maximum atomic E-state index is 5.22. The van der Waals surface area contributed by atoms with Gasteiger partial charge in [0.2, 0.25) is 0 Å². The maximum Gasteiger partial charge on any atom is 0.177 e. The molecule has 2 rings (SSSR count).